The first-order valence-electron chi connectivity index (χ1n) is 10.6. The summed E-state index contributed by atoms with van der Waals surface area (Å²) >= 11 is 0. The van der Waals surface area contributed by atoms with Gasteiger partial charge in [0, 0.05) is 31.8 Å². The molecular weight excluding hydrogens is 308 g/mol. The SMILES string of the molecule is CCCCCCCCCCC#CCCC(=O)NCCCC(CC)NC. The predicted octanol–water partition coefficient (Wildman–Crippen LogP) is 5.20. The number of rotatable bonds is 16. The van der Waals surface area contributed by atoms with E-state index in [2.05, 4.69) is 36.3 Å². The summed E-state index contributed by atoms with van der Waals surface area (Å²) in [6, 6.07) is 0.569. The molecule has 0 spiro atoms. The number of carbonyl (C=O) groups excluding carboxylic acids is 1. The van der Waals surface area contributed by atoms with E-state index in [1.54, 1.807) is 0 Å². The van der Waals surface area contributed by atoms with Gasteiger partial charge in [-0.05, 0) is 32.7 Å². The minimum atomic E-state index is 0.138. The number of hydrogen-bond acceptors (Lipinski definition) is 2. The lowest BCUT2D eigenvalue weighted by Gasteiger charge is -2.13. The number of carbonyl (C=O) groups is 1. The third kappa shape index (κ3) is 17.6. The van der Waals surface area contributed by atoms with Gasteiger partial charge < -0.3 is 10.6 Å². The van der Waals surface area contributed by atoms with Crippen LogP contribution in [0, 0.1) is 11.8 Å². The zero-order valence-corrected chi connectivity index (χ0v) is 17.1. The van der Waals surface area contributed by atoms with Crippen LogP contribution in [0.2, 0.25) is 0 Å². The largest absolute Gasteiger partial charge is 0.356 e. The van der Waals surface area contributed by atoms with Gasteiger partial charge in [-0.15, -0.1) is 11.8 Å². The second kappa shape index (κ2) is 19.3. The highest BCUT2D eigenvalue weighted by molar-refractivity contribution is 5.76. The average molecular weight is 351 g/mol. The minimum Gasteiger partial charge on any atom is -0.356 e. The maximum absolute atomic E-state index is 11.7. The van der Waals surface area contributed by atoms with Crippen molar-refractivity contribution in [2.24, 2.45) is 0 Å². The summed E-state index contributed by atoms with van der Waals surface area (Å²) in [6.07, 6.45) is 16.2. The second-order valence-corrected chi connectivity index (χ2v) is 6.96. The first-order chi connectivity index (χ1) is 12.2. The lowest BCUT2D eigenvalue weighted by molar-refractivity contribution is -0.120. The zero-order chi connectivity index (χ0) is 18.6. The van der Waals surface area contributed by atoms with Crippen LogP contribution in [0.25, 0.3) is 0 Å². The van der Waals surface area contributed by atoms with Crippen molar-refractivity contribution in [3.63, 3.8) is 0 Å². The number of nitrogens with one attached hydrogen (secondary N) is 2. The van der Waals surface area contributed by atoms with Crippen LogP contribution in [0.4, 0.5) is 0 Å². The molecule has 0 aromatic carbocycles. The van der Waals surface area contributed by atoms with Gasteiger partial charge in [0.1, 0.15) is 0 Å². The molecule has 0 radical (unpaired) electrons. The Kier molecular flexibility index (Phi) is 18.5. The van der Waals surface area contributed by atoms with E-state index in [4.69, 9.17) is 0 Å². The lowest BCUT2D eigenvalue weighted by Crippen LogP contribution is -2.28. The van der Waals surface area contributed by atoms with E-state index in [1.165, 1.54) is 51.4 Å². The summed E-state index contributed by atoms with van der Waals surface area (Å²) < 4.78 is 0. The van der Waals surface area contributed by atoms with Crippen LogP contribution in [0.1, 0.15) is 104 Å². The standard InChI is InChI=1S/C22H42N2O/c1-4-6-7-8-9-10-11-12-13-14-15-16-19-22(25)24-20-17-18-21(5-2)23-3/h21,23H,4-13,16-20H2,1-3H3,(H,24,25). The van der Waals surface area contributed by atoms with Gasteiger partial charge in [-0.3, -0.25) is 4.79 Å². The van der Waals surface area contributed by atoms with Crippen molar-refractivity contribution in [3.05, 3.63) is 0 Å². The van der Waals surface area contributed by atoms with E-state index < -0.39 is 0 Å². The Hall–Kier alpha value is -1.01. The monoisotopic (exact) mass is 350 g/mol. The number of unbranched alkanes of at least 4 members (excludes halogenated alkanes) is 8. The van der Waals surface area contributed by atoms with Crippen molar-refractivity contribution in [1.82, 2.24) is 10.6 Å². The highest BCUT2D eigenvalue weighted by Crippen LogP contribution is 2.09. The van der Waals surface area contributed by atoms with Gasteiger partial charge in [-0.25, -0.2) is 0 Å². The maximum atomic E-state index is 11.7. The molecule has 25 heavy (non-hydrogen) atoms. The van der Waals surface area contributed by atoms with E-state index in [9.17, 15) is 4.79 Å². The quantitative estimate of drug-likeness (QED) is 0.297. The molecule has 0 fully saturated rings. The van der Waals surface area contributed by atoms with Gasteiger partial charge in [0.05, 0.1) is 0 Å². The predicted molar refractivity (Wildman–Crippen MR) is 110 cm³/mol. The van der Waals surface area contributed by atoms with E-state index in [0.29, 0.717) is 18.9 Å². The molecule has 3 heteroatoms. The van der Waals surface area contributed by atoms with Crippen LogP contribution in [-0.2, 0) is 4.79 Å². The summed E-state index contributed by atoms with van der Waals surface area (Å²) in [5.41, 5.74) is 0. The van der Waals surface area contributed by atoms with Gasteiger partial charge in [0.2, 0.25) is 5.91 Å². The van der Waals surface area contributed by atoms with Crippen LogP contribution < -0.4 is 10.6 Å². The Morgan fingerprint density at radius 3 is 2.16 bits per heavy atom. The second-order valence-electron chi connectivity index (χ2n) is 6.96. The van der Waals surface area contributed by atoms with Crippen LogP contribution in [-0.4, -0.2) is 25.5 Å². The van der Waals surface area contributed by atoms with Crippen molar-refractivity contribution < 1.29 is 4.79 Å². The molecule has 0 rings (SSSR count). The number of hydrogen-bond donors (Lipinski definition) is 2. The smallest absolute Gasteiger partial charge is 0.220 e. The molecule has 0 saturated carbocycles. The molecule has 0 aliphatic heterocycles. The fraction of sp³-hybridized carbons (Fsp3) is 0.864. The molecule has 3 nitrogen and oxygen atoms in total. The van der Waals surface area contributed by atoms with Gasteiger partial charge >= 0.3 is 0 Å². The Morgan fingerprint density at radius 2 is 1.52 bits per heavy atom. The molecule has 1 atom stereocenters. The third-order valence-corrected chi connectivity index (χ3v) is 4.71. The van der Waals surface area contributed by atoms with Crippen LogP contribution in [0.5, 0.6) is 0 Å². The van der Waals surface area contributed by atoms with Crippen molar-refractivity contribution in [3.8, 4) is 11.8 Å². The van der Waals surface area contributed by atoms with Crippen molar-refractivity contribution >= 4 is 5.91 Å². The Balaban J connectivity index is 3.38. The molecule has 0 saturated heterocycles. The molecule has 0 aromatic heterocycles. The summed E-state index contributed by atoms with van der Waals surface area (Å²) in [4.78, 5) is 11.7. The van der Waals surface area contributed by atoms with Crippen molar-refractivity contribution in [2.45, 2.75) is 110 Å². The molecule has 1 unspecified atom stereocenters. The molecule has 0 aromatic rings. The normalized spacial score (nSPS) is 11.6. The van der Waals surface area contributed by atoms with E-state index in [0.717, 1.165) is 32.2 Å². The maximum Gasteiger partial charge on any atom is 0.220 e. The summed E-state index contributed by atoms with van der Waals surface area (Å²) in [5, 5.41) is 6.28. The Labute approximate surface area is 157 Å². The minimum absolute atomic E-state index is 0.138. The van der Waals surface area contributed by atoms with E-state index in [1.807, 2.05) is 7.05 Å². The first kappa shape index (κ1) is 24.0. The van der Waals surface area contributed by atoms with Gasteiger partial charge in [-0.2, -0.15) is 0 Å². The topological polar surface area (TPSA) is 41.1 Å². The molecule has 1 amide bonds. The Morgan fingerprint density at radius 1 is 0.880 bits per heavy atom. The van der Waals surface area contributed by atoms with E-state index in [-0.39, 0.29) is 5.91 Å². The molecule has 0 aliphatic carbocycles. The highest BCUT2D eigenvalue weighted by atomic mass is 16.1. The van der Waals surface area contributed by atoms with Crippen LogP contribution >= 0.6 is 0 Å². The summed E-state index contributed by atoms with van der Waals surface area (Å²) in [5.74, 6) is 6.49. The fourth-order valence-electron chi connectivity index (χ4n) is 2.92. The van der Waals surface area contributed by atoms with E-state index >= 15 is 0 Å². The fourth-order valence-corrected chi connectivity index (χ4v) is 2.92. The van der Waals surface area contributed by atoms with Crippen molar-refractivity contribution in [2.75, 3.05) is 13.6 Å². The van der Waals surface area contributed by atoms with Crippen molar-refractivity contribution in [1.29, 1.82) is 0 Å². The zero-order valence-electron chi connectivity index (χ0n) is 17.1. The summed E-state index contributed by atoms with van der Waals surface area (Å²) in [6.45, 7) is 5.23. The molecule has 146 valence electrons. The lowest BCUT2D eigenvalue weighted by atomic mass is 10.1. The highest BCUT2D eigenvalue weighted by Gasteiger charge is 2.03. The Bertz CT molecular complexity index is 353. The molecule has 0 aliphatic rings. The van der Waals surface area contributed by atoms with Crippen LogP contribution in [0.3, 0.4) is 0 Å². The molecule has 2 N–H and O–H groups in total. The van der Waals surface area contributed by atoms with Gasteiger partial charge in [0.25, 0.3) is 0 Å². The number of amides is 1. The molecule has 0 heterocycles. The summed E-state index contributed by atoms with van der Waals surface area (Å²) in [7, 11) is 2.00. The molecule has 0 bridgehead atoms. The average Bonchev–Trinajstić information content (AvgIpc) is 2.62. The first-order valence-corrected chi connectivity index (χ1v) is 10.6. The van der Waals surface area contributed by atoms with Gasteiger partial charge in [0.15, 0.2) is 0 Å². The van der Waals surface area contributed by atoms with Gasteiger partial charge in [-0.1, -0.05) is 58.8 Å². The van der Waals surface area contributed by atoms with Crippen LogP contribution in [0.15, 0.2) is 0 Å². The third-order valence-electron chi connectivity index (χ3n) is 4.71. The molecular formula is C22H42N2O.